The summed E-state index contributed by atoms with van der Waals surface area (Å²) in [4.78, 5) is 8.67. The third kappa shape index (κ3) is 66.0. The number of rotatable bonds is 1. The maximum absolute atomic E-state index is 8.67. The Morgan fingerprint density at radius 2 is 2.09 bits per heavy atom. The summed E-state index contributed by atoms with van der Waals surface area (Å²) in [5.74, 6) is 0. The monoisotopic (exact) mass is 289 g/mol. The van der Waals surface area contributed by atoms with Gasteiger partial charge in [-0.05, 0) is 19.1 Å². The van der Waals surface area contributed by atoms with Gasteiger partial charge in [-0.2, -0.15) is 0 Å². The van der Waals surface area contributed by atoms with E-state index in [1.807, 2.05) is 6.92 Å². The summed E-state index contributed by atoms with van der Waals surface area (Å²) in [7, 11) is 0. The van der Waals surface area contributed by atoms with E-state index in [2.05, 4.69) is 35.3 Å². The van der Waals surface area contributed by atoms with E-state index >= 15 is 0 Å². The molecule has 11 heavy (non-hydrogen) atoms. The van der Waals surface area contributed by atoms with Gasteiger partial charge in [0.1, 0.15) is 6.09 Å². The minimum Gasteiger partial charge on any atom is -0.530 e. The summed E-state index contributed by atoms with van der Waals surface area (Å²) in [6.45, 7) is 2.48. The van der Waals surface area contributed by atoms with E-state index in [9.17, 15) is 0 Å². The number of carbonyl (C=O) groups excluding carboxylic acids is 1. The zero-order chi connectivity index (χ0) is 8.57. The van der Waals surface area contributed by atoms with Crippen LogP contribution in [0.4, 0.5) is 4.79 Å². The first-order valence-electron chi connectivity index (χ1n) is 2.32. The van der Waals surface area contributed by atoms with Gasteiger partial charge in [0.2, 0.25) is 4.38 Å². The molecule has 70 valence electrons. The number of hydrogen-bond donors (Lipinski definition) is 2. The molecule has 1 amide bonds. The number of thiocarbonyl (C=S) groups is 1. The fourth-order valence-electron chi connectivity index (χ4n) is 0.123. The molecule has 0 heterocycles. The molecule has 0 radical (unpaired) electrons. The van der Waals surface area contributed by atoms with Gasteiger partial charge in [-0.1, -0.05) is 12.6 Å². The molecule has 0 unspecified atom stereocenters. The topological polar surface area (TPSA) is 75.4 Å². The predicted octanol–water partition coefficient (Wildman–Crippen LogP) is -0.476. The van der Waals surface area contributed by atoms with Crippen LogP contribution in [0.25, 0.3) is 0 Å². The standard InChI is InChI=1S/C3H6OS2.CH3NO2.Ag/c1-2-4-3(5)6;2-1(3)4;/h2H2,1H3,(H,5,6);2H2,(H,3,4);/q;;+1/p-1. The summed E-state index contributed by atoms with van der Waals surface area (Å²) in [6, 6.07) is 0. The van der Waals surface area contributed by atoms with E-state index in [1.54, 1.807) is 0 Å². The van der Waals surface area contributed by atoms with Gasteiger partial charge in [-0.25, -0.2) is 0 Å². The van der Waals surface area contributed by atoms with Gasteiger partial charge in [0.25, 0.3) is 0 Å². The van der Waals surface area contributed by atoms with Crippen molar-refractivity contribution in [3.05, 3.63) is 0 Å². The van der Waals surface area contributed by atoms with Crippen LogP contribution in [0.5, 0.6) is 0 Å². The quantitative estimate of drug-likeness (QED) is 0.389. The first-order valence-corrected chi connectivity index (χ1v) is 3.18. The summed E-state index contributed by atoms with van der Waals surface area (Å²) >= 11 is 8.12. The van der Waals surface area contributed by atoms with Crippen molar-refractivity contribution in [3.8, 4) is 0 Å². The number of amides is 1. The van der Waals surface area contributed by atoms with Gasteiger partial charge < -0.3 is 20.4 Å². The molecular formula is C4H8AgNO3S2. The van der Waals surface area contributed by atoms with E-state index in [1.165, 1.54) is 0 Å². The minimum absolute atomic E-state index is 0. The molecule has 0 aromatic rings. The molecule has 0 spiro atoms. The van der Waals surface area contributed by atoms with E-state index in [-0.39, 0.29) is 22.4 Å². The van der Waals surface area contributed by atoms with Crippen molar-refractivity contribution in [1.29, 1.82) is 0 Å². The van der Waals surface area contributed by atoms with E-state index < -0.39 is 6.09 Å². The number of nitrogens with two attached hydrogens (primary N) is 1. The van der Waals surface area contributed by atoms with Crippen LogP contribution in [0.2, 0.25) is 0 Å². The third-order valence-electron chi connectivity index (χ3n) is 0.268. The molecule has 7 heteroatoms. The van der Waals surface area contributed by atoms with Crippen molar-refractivity contribution in [2.75, 3.05) is 6.61 Å². The molecule has 0 aliphatic rings. The van der Waals surface area contributed by atoms with Gasteiger partial charge in [0.05, 0.1) is 6.61 Å². The number of thiol groups is 1. The minimum atomic E-state index is -1.58. The molecule has 0 aliphatic carbocycles. The molecule has 0 rings (SSSR count). The van der Waals surface area contributed by atoms with Gasteiger partial charge in [-0.3, -0.25) is 0 Å². The molecule has 0 atom stereocenters. The summed E-state index contributed by atoms with van der Waals surface area (Å²) < 4.78 is 4.95. The van der Waals surface area contributed by atoms with E-state index in [4.69, 9.17) is 9.90 Å². The Morgan fingerprint density at radius 3 is 2.09 bits per heavy atom. The molecule has 0 saturated carbocycles. The van der Waals surface area contributed by atoms with Crippen LogP contribution in [0.1, 0.15) is 6.92 Å². The Morgan fingerprint density at radius 1 is 1.82 bits per heavy atom. The molecule has 0 aromatic heterocycles. The largest absolute Gasteiger partial charge is 1.00 e. The smallest absolute Gasteiger partial charge is 0.530 e. The molecule has 0 aromatic carbocycles. The second-order valence-corrected chi connectivity index (χ2v) is 2.10. The van der Waals surface area contributed by atoms with Crippen LogP contribution in [0, 0.1) is 0 Å². The molecular weight excluding hydrogens is 282 g/mol. The predicted molar refractivity (Wildman–Crippen MR) is 42.8 cm³/mol. The molecule has 4 nitrogen and oxygen atoms in total. The maximum Gasteiger partial charge on any atom is 1.00 e. The van der Waals surface area contributed by atoms with Gasteiger partial charge in [0.15, 0.2) is 0 Å². The summed E-state index contributed by atoms with van der Waals surface area (Å²) in [5.41, 5.74) is 3.92. The molecule has 2 N–H and O–H groups in total. The van der Waals surface area contributed by atoms with Gasteiger partial charge in [0, 0.05) is 0 Å². The van der Waals surface area contributed by atoms with Crippen molar-refractivity contribution in [2.24, 2.45) is 5.73 Å². The summed E-state index contributed by atoms with van der Waals surface area (Å²) in [5, 5.41) is 8.67. The second kappa shape index (κ2) is 12.9. The van der Waals surface area contributed by atoms with Crippen LogP contribution in [-0.4, -0.2) is 17.1 Å². The molecule has 0 aliphatic heterocycles. The number of primary amides is 1. The van der Waals surface area contributed by atoms with Crippen LogP contribution in [-0.2, 0) is 27.1 Å². The number of carbonyl (C=O) groups is 1. The number of carboxylic acid groups (broad SMARTS) is 1. The van der Waals surface area contributed by atoms with E-state index in [0.717, 1.165) is 0 Å². The van der Waals surface area contributed by atoms with Crippen molar-refractivity contribution < 1.29 is 37.0 Å². The van der Waals surface area contributed by atoms with Crippen molar-refractivity contribution >= 4 is 35.3 Å². The normalized spacial score (nSPS) is 6.36. The Labute approximate surface area is 91.4 Å². The zero-order valence-electron chi connectivity index (χ0n) is 5.67. The first-order chi connectivity index (χ1) is 4.50. The van der Waals surface area contributed by atoms with Crippen LogP contribution in [0.3, 0.4) is 0 Å². The van der Waals surface area contributed by atoms with E-state index in [0.29, 0.717) is 11.0 Å². The Bertz CT molecular complexity index is 118. The number of hydrogen-bond acceptors (Lipinski definition) is 4. The Kier molecular flexibility index (Phi) is 20.3. The fourth-order valence-corrected chi connectivity index (χ4v) is 0.370. The maximum atomic E-state index is 8.67. The average molecular weight is 290 g/mol. The van der Waals surface area contributed by atoms with Crippen molar-refractivity contribution in [2.45, 2.75) is 6.92 Å². The fraction of sp³-hybridized carbons (Fsp3) is 0.500. The van der Waals surface area contributed by atoms with Gasteiger partial charge in [-0.15, -0.1) is 0 Å². The first kappa shape index (κ1) is 17.4. The SMILES string of the molecule is CCOC(=S)S.NC(=O)[O-].[Ag+]. The average Bonchev–Trinajstić information content (AvgIpc) is 1.62. The Hall–Kier alpha value is 0.250. The van der Waals surface area contributed by atoms with Gasteiger partial charge >= 0.3 is 22.4 Å². The molecule has 0 bridgehead atoms. The summed E-state index contributed by atoms with van der Waals surface area (Å²) in [6.07, 6.45) is -1.58. The van der Waals surface area contributed by atoms with Crippen LogP contribution < -0.4 is 10.8 Å². The molecule has 0 fully saturated rings. The zero-order valence-corrected chi connectivity index (χ0v) is 8.86. The van der Waals surface area contributed by atoms with Crippen LogP contribution >= 0.6 is 24.8 Å². The number of ether oxygens (including phenoxy) is 1. The van der Waals surface area contributed by atoms with Crippen molar-refractivity contribution in [3.63, 3.8) is 0 Å². The van der Waals surface area contributed by atoms with Crippen LogP contribution in [0.15, 0.2) is 0 Å². The Balaban J connectivity index is -0.000000114. The third-order valence-corrected chi connectivity index (χ3v) is 0.515. The van der Waals surface area contributed by atoms with Crippen molar-refractivity contribution in [1.82, 2.24) is 0 Å². The second-order valence-electron chi connectivity index (χ2n) is 1.02. The molecule has 0 saturated heterocycles.